The molecule has 0 atom stereocenters. The molecule has 6 heteroatoms. The molecular weight excluding hydrogens is 214 g/mol. The van der Waals surface area contributed by atoms with Crippen LogP contribution < -0.4 is 16.8 Å². The first kappa shape index (κ1) is 11.9. The predicted molar refractivity (Wildman–Crippen MR) is 59.9 cm³/mol. The van der Waals surface area contributed by atoms with Gasteiger partial charge >= 0.3 is 0 Å². The Morgan fingerprint density at radius 3 is 2.33 bits per heavy atom. The summed E-state index contributed by atoms with van der Waals surface area (Å²) in [4.78, 5) is 22.3. The van der Waals surface area contributed by atoms with Gasteiger partial charge in [-0.3, -0.25) is 9.59 Å². The fraction of sp³-hybridized carbons (Fsp3) is 0.667. The van der Waals surface area contributed by atoms with Crippen LogP contribution in [0, 0.1) is 5.41 Å². The lowest BCUT2D eigenvalue weighted by Gasteiger charge is -2.12. The molecule has 5 nitrogen and oxygen atoms in total. The first-order valence-electron chi connectivity index (χ1n) is 4.85. The molecular formula is C9H15N3O2S. The van der Waals surface area contributed by atoms with Gasteiger partial charge in [-0.1, -0.05) is 12.2 Å². The average molecular weight is 229 g/mol. The normalized spacial score (nSPS) is 16.8. The Morgan fingerprint density at radius 1 is 1.33 bits per heavy atom. The highest BCUT2D eigenvalue weighted by atomic mass is 32.1. The maximum absolute atomic E-state index is 11.6. The van der Waals surface area contributed by atoms with E-state index >= 15 is 0 Å². The molecule has 15 heavy (non-hydrogen) atoms. The molecule has 0 unspecified atom stereocenters. The summed E-state index contributed by atoms with van der Waals surface area (Å²) in [6, 6.07) is 0. The number of nitrogens with two attached hydrogens (primary N) is 2. The van der Waals surface area contributed by atoms with Crippen molar-refractivity contribution in [1.29, 1.82) is 0 Å². The van der Waals surface area contributed by atoms with E-state index in [0.717, 1.165) is 12.8 Å². The van der Waals surface area contributed by atoms with Crippen LogP contribution in [-0.4, -0.2) is 23.3 Å². The summed E-state index contributed by atoms with van der Waals surface area (Å²) in [5.41, 5.74) is 9.84. The van der Waals surface area contributed by atoms with Crippen molar-refractivity contribution < 1.29 is 9.59 Å². The van der Waals surface area contributed by atoms with Crippen LogP contribution in [0.2, 0.25) is 0 Å². The maximum Gasteiger partial charge on any atom is 0.233 e. The van der Waals surface area contributed by atoms with Crippen LogP contribution in [0.5, 0.6) is 0 Å². The maximum atomic E-state index is 11.6. The van der Waals surface area contributed by atoms with E-state index in [1.165, 1.54) is 0 Å². The summed E-state index contributed by atoms with van der Waals surface area (Å²) in [5.74, 6) is -0.487. The zero-order valence-corrected chi connectivity index (χ0v) is 9.23. The topological polar surface area (TPSA) is 98.2 Å². The van der Waals surface area contributed by atoms with Gasteiger partial charge in [0.05, 0.1) is 10.4 Å². The van der Waals surface area contributed by atoms with Crippen molar-refractivity contribution >= 4 is 29.0 Å². The summed E-state index contributed by atoms with van der Waals surface area (Å²) in [5, 5.41) is 2.71. The van der Waals surface area contributed by atoms with Gasteiger partial charge in [-0.25, -0.2) is 0 Å². The lowest BCUT2D eigenvalue weighted by atomic mass is 10.1. The smallest absolute Gasteiger partial charge is 0.233 e. The number of thiocarbonyl (C=S) groups is 1. The van der Waals surface area contributed by atoms with Gasteiger partial charge in [0.2, 0.25) is 11.8 Å². The number of nitrogens with one attached hydrogen (secondary N) is 1. The Hall–Kier alpha value is -1.17. The quantitative estimate of drug-likeness (QED) is 0.420. The van der Waals surface area contributed by atoms with E-state index in [1.807, 2.05) is 0 Å². The molecule has 1 aliphatic rings. The third-order valence-electron chi connectivity index (χ3n) is 2.54. The van der Waals surface area contributed by atoms with Gasteiger partial charge in [0.25, 0.3) is 0 Å². The highest BCUT2D eigenvalue weighted by Gasteiger charge is 2.52. The van der Waals surface area contributed by atoms with Crippen molar-refractivity contribution in [3.8, 4) is 0 Å². The largest absolute Gasteiger partial charge is 0.392 e. The Morgan fingerprint density at radius 2 is 1.93 bits per heavy atom. The van der Waals surface area contributed by atoms with Crippen molar-refractivity contribution in [3.05, 3.63) is 0 Å². The highest BCUT2D eigenvalue weighted by Crippen LogP contribution is 2.46. The second kappa shape index (κ2) is 4.57. The van der Waals surface area contributed by atoms with Gasteiger partial charge in [-0.2, -0.15) is 0 Å². The summed E-state index contributed by atoms with van der Waals surface area (Å²) >= 11 is 4.83. The SMILES string of the molecule is NC(=O)CCCNC(=O)C1(C(N)=S)CC1. The molecule has 0 aromatic heterocycles. The third kappa shape index (κ3) is 2.89. The number of hydrogen-bond acceptors (Lipinski definition) is 3. The van der Waals surface area contributed by atoms with Gasteiger partial charge < -0.3 is 16.8 Å². The summed E-state index contributed by atoms with van der Waals surface area (Å²) in [6.07, 6.45) is 2.28. The van der Waals surface area contributed by atoms with Crippen LogP contribution in [0.25, 0.3) is 0 Å². The second-order valence-corrected chi connectivity index (χ2v) is 4.21. The molecule has 0 aromatic carbocycles. The molecule has 1 rings (SSSR count). The van der Waals surface area contributed by atoms with Crippen LogP contribution in [-0.2, 0) is 9.59 Å². The molecule has 0 saturated heterocycles. The standard InChI is InChI=1S/C9H15N3O2S/c10-6(13)2-1-5-12-8(14)9(3-4-9)7(11)15/h1-5H2,(H2,10,13)(H2,11,15)(H,12,14). The summed E-state index contributed by atoms with van der Waals surface area (Å²) in [6.45, 7) is 0.437. The molecule has 0 aromatic rings. The number of hydrogen-bond donors (Lipinski definition) is 3. The lowest BCUT2D eigenvalue weighted by Crippen LogP contribution is -2.40. The molecule has 84 valence electrons. The predicted octanol–water partition coefficient (Wildman–Crippen LogP) is -0.566. The van der Waals surface area contributed by atoms with Gasteiger partial charge in [-0.15, -0.1) is 0 Å². The minimum absolute atomic E-state index is 0.125. The average Bonchev–Trinajstić information content (AvgIpc) is 2.92. The summed E-state index contributed by atoms with van der Waals surface area (Å²) in [7, 11) is 0. The molecule has 1 fully saturated rings. The number of rotatable bonds is 6. The monoisotopic (exact) mass is 229 g/mol. The van der Waals surface area contributed by atoms with Crippen molar-refractivity contribution in [2.75, 3.05) is 6.54 Å². The van der Waals surface area contributed by atoms with Crippen molar-refractivity contribution in [3.63, 3.8) is 0 Å². The van der Waals surface area contributed by atoms with Gasteiger partial charge in [0, 0.05) is 13.0 Å². The number of carbonyl (C=O) groups is 2. The Kier molecular flexibility index (Phi) is 3.62. The number of carbonyl (C=O) groups excluding carboxylic acids is 2. The van der Waals surface area contributed by atoms with E-state index in [-0.39, 0.29) is 23.2 Å². The molecule has 1 aliphatic carbocycles. The van der Waals surface area contributed by atoms with Crippen molar-refractivity contribution in [2.45, 2.75) is 25.7 Å². The fourth-order valence-electron chi connectivity index (χ4n) is 1.34. The van der Waals surface area contributed by atoms with E-state index in [4.69, 9.17) is 23.7 Å². The van der Waals surface area contributed by atoms with E-state index < -0.39 is 5.41 Å². The minimum atomic E-state index is -0.609. The highest BCUT2D eigenvalue weighted by molar-refractivity contribution is 7.80. The van der Waals surface area contributed by atoms with E-state index in [0.29, 0.717) is 13.0 Å². The van der Waals surface area contributed by atoms with Crippen LogP contribution in [0.4, 0.5) is 0 Å². The van der Waals surface area contributed by atoms with E-state index in [1.54, 1.807) is 0 Å². The molecule has 5 N–H and O–H groups in total. The zero-order chi connectivity index (χ0) is 11.5. The molecule has 2 amide bonds. The fourth-order valence-corrected chi connectivity index (χ4v) is 1.64. The van der Waals surface area contributed by atoms with Crippen LogP contribution in [0.1, 0.15) is 25.7 Å². The van der Waals surface area contributed by atoms with Crippen LogP contribution >= 0.6 is 12.2 Å². The van der Waals surface area contributed by atoms with Crippen LogP contribution in [0.15, 0.2) is 0 Å². The molecule has 0 bridgehead atoms. The Bertz CT molecular complexity index is 300. The molecule has 0 radical (unpaired) electrons. The molecule has 0 heterocycles. The number of primary amides is 1. The Balaban J connectivity index is 2.25. The van der Waals surface area contributed by atoms with Gasteiger partial charge in [0.1, 0.15) is 0 Å². The van der Waals surface area contributed by atoms with Gasteiger partial charge in [0.15, 0.2) is 0 Å². The first-order valence-corrected chi connectivity index (χ1v) is 5.26. The summed E-state index contributed by atoms with van der Waals surface area (Å²) < 4.78 is 0. The van der Waals surface area contributed by atoms with Crippen molar-refractivity contribution in [1.82, 2.24) is 5.32 Å². The lowest BCUT2D eigenvalue weighted by molar-refractivity contribution is -0.124. The second-order valence-electron chi connectivity index (χ2n) is 3.77. The van der Waals surface area contributed by atoms with E-state index in [2.05, 4.69) is 5.32 Å². The molecule has 0 spiro atoms. The van der Waals surface area contributed by atoms with Crippen molar-refractivity contribution in [2.24, 2.45) is 16.9 Å². The first-order chi connectivity index (χ1) is 6.99. The number of amides is 2. The van der Waals surface area contributed by atoms with E-state index in [9.17, 15) is 9.59 Å². The molecule has 1 saturated carbocycles. The molecule has 0 aliphatic heterocycles. The minimum Gasteiger partial charge on any atom is -0.392 e. The van der Waals surface area contributed by atoms with Gasteiger partial charge in [-0.05, 0) is 19.3 Å². The Labute approximate surface area is 93.6 Å². The third-order valence-corrected chi connectivity index (χ3v) is 2.93. The zero-order valence-electron chi connectivity index (χ0n) is 8.41. The van der Waals surface area contributed by atoms with Crippen LogP contribution in [0.3, 0.4) is 0 Å².